The van der Waals surface area contributed by atoms with E-state index in [1.54, 1.807) is 17.3 Å². The fourth-order valence-corrected chi connectivity index (χ4v) is 2.80. The van der Waals surface area contributed by atoms with Crippen LogP contribution in [0.2, 0.25) is 0 Å². The minimum absolute atomic E-state index is 0.181. The molecular formula is C14H15BrN4O4. The van der Waals surface area contributed by atoms with E-state index in [-0.39, 0.29) is 49.2 Å². The number of hydrogen-bond donors (Lipinski definition) is 0. The third-order valence-electron chi connectivity index (χ3n) is 3.81. The monoisotopic (exact) mass is 382 g/mol. The van der Waals surface area contributed by atoms with Crippen molar-refractivity contribution in [1.29, 1.82) is 0 Å². The molecule has 122 valence electrons. The lowest BCUT2D eigenvalue weighted by Gasteiger charge is -2.20. The molecule has 1 aromatic rings. The molecule has 9 heteroatoms. The number of amides is 3. The summed E-state index contributed by atoms with van der Waals surface area (Å²) in [4.78, 5) is 46.0. The molecule has 3 heterocycles. The predicted molar refractivity (Wildman–Crippen MR) is 81.3 cm³/mol. The van der Waals surface area contributed by atoms with Crippen molar-refractivity contribution >= 4 is 33.7 Å². The quantitative estimate of drug-likeness (QED) is 0.698. The summed E-state index contributed by atoms with van der Waals surface area (Å²) in [5.41, 5.74) is 0. The van der Waals surface area contributed by atoms with Crippen LogP contribution in [0.1, 0.15) is 19.3 Å². The van der Waals surface area contributed by atoms with Crippen LogP contribution in [0.4, 0.5) is 0 Å². The molecule has 0 unspecified atom stereocenters. The highest BCUT2D eigenvalue weighted by Gasteiger charge is 2.34. The molecule has 0 radical (unpaired) electrons. The molecule has 0 saturated carbocycles. The van der Waals surface area contributed by atoms with Crippen LogP contribution >= 0.6 is 15.9 Å². The Morgan fingerprint density at radius 3 is 2.57 bits per heavy atom. The predicted octanol–water partition coefficient (Wildman–Crippen LogP) is 0.368. The number of imide groups is 1. The lowest BCUT2D eigenvalue weighted by molar-refractivity contribution is -0.145. The first-order valence-corrected chi connectivity index (χ1v) is 8.07. The second kappa shape index (κ2) is 6.61. The van der Waals surface area contributed by atoms with Gasteiger partial charge in [-0.2, -0.15) is 0 Å². The summed E-state index contributed by atoms with van der Waals surface area (Å²) in [5, 5.41) is 0. The minimum Gasteiger partial charge on any atom is -0.458 e. The van der Waals surface area contributed by atoms with Gasteiger partial charge in [0.05, 0.1) is 11.0 Å². The van der Waals surface area contributed by atoms with E-state index >= 15 is 0 Å². The first-order valence-electron chi connectivity index (χ1n) is 7.28. The number of nitrogens with zero attached hydrogens (tertiary/aromatic N) is 4. The molecule has 0 spiro atoms. The molecule has 0 aromatic carbocycles. The Balaban J connectivity index is 1.52. The second-order valence-corrected chi connectivity index (χ2v) is 6.34. The van der Waals surface area contributed by atoms with Gasteiger partial charge >= 0.3 is 6.01 Å². The molecule has 2 aliphatic heterocycles. The van der Waals surface area contributed by atoms with Gasteiger partial charge in [0.25, 0.3) is 0 Å². The van der Waals surface area contributed by atoms with Crippen molar-refractivity contribution in [2.24, 2.45) is 0 Å². The van der Waals surface area contributed by atoms with Crippen LogP contribution in [-0.4, -0.2) is 63.2 Å². The molecule has 2 saturated heterocycles. The largest absolute Gasteiger partial charge is 0.458 e. The van der Waals surface area contributed by atoms with Gasteiger partial charge in [0, 0.05) is 38.2 Å². The molecule has 3 rings (SSSR count). The molecule has 0 bridgehead atoms. The maximum Gasteiger partial charge on any atom is 0.316 e. The zero-order valence-corrected chi connectivity index (χ0v) is 13.9. The standard InChI is InChI=1S/C14H15BrN4O4/c15-9-5-16-14(17-6-9)23-10-3-4-18(7-10)13(22)8-19-11(20)1-2-12(19)21/h5-6,10H,1-4,7-8H2/t10-/m1/s1. The molecule has 0 N–H and O–H groups in total. The summed E-state index contributed by atoms with van der Waals surface area (Å²) >= 11 is 3.24. The maximum atomic E-state index is 12.2. The highest BCUT2D eigenvalue weighted by Crippen LogP contribution is 2.18. The van der Waals surface area contributed by atoms with Crippen LogP contribution in [0, 0.1) is 0 Å². The van der Waals surface area contributed by atoms with E-state index < -0.39 is 0 Å². The van der Waals surface area contributed by atoms with Crippen molar-refractivity contribution in [3.05, 3.63) is 16.9 Å². The molecular weight excluding hydrogens is 368 g/mol. The Labute approximate surface area is 140 Å². The Kier molecular flexibility index (Phi) is 4.56. The zero-order chi connectivity index (χ0) is 16.4. The van der Waals surface area contributed by atoms with Crippen LogP contribution in [0.3, 0.4) is 0 Å². The van der Waals surface area contributed by atoms with Gasteiger partial charge in [-0.05, 0) is 15.9 Å². The van der Waals surface area contributed by atoms with Gasteiger partial charge in [-0.25, -0.2) is 9.97 Å². The number of aromatic nitrogens is 2. The van der Waals surface area contributed by atoms with Crippen LogP contribution in [0.25, 0.3) is 0 Å². The third kappa shape index (κ3) is 3.66. The van der Waals surface area contributed by atoms with Crippen LogP contribution in [-0.2, 0) is 14.4 Å². The van der Waals surface area contributed by atoms with Crippen molar-refractivity contribution in [3.63, 3.8) is 0 Å². The van der Waals surface area contributed by atoms with E-state index in [0.29, 0.717) is 19.5 Å². The molecule has 2 aliphatic rings. The van der Waals surface area contributed by atoms with E-state index in [4.69, 9.17) is 4.74 Å². The minimum atomic E-state index is -0.279. The summed E-state index contributed by atoms with van der Waals surface area (Å²) in [6.07, 6.45) is 4.03. The molecule has 1 aromatic heterocycles. The number of rotatable bonds is 4. The first kappa shape index (κ1) is 15.9. The van der Waals surface area contributed by atoms with Gasteiger partial charge in [0.2, 0.25) is 17.7 Å². The van der Waals surface area contributed by atoms with Crippen LogP contribution in [0.5, 0.6) is 6.01 Å². The number of halogens is 1. The summed E-state index contributed by atoms with van der Waals surface area (Å²) in [7, 11) is 0. The van der Waals surface area contributed by atoms with Crippen molar-refractivity contribution in [3.8, 4) is 6.01 Å². The Hall–Kier alpha value is -2.03. The lowest BCUT2D eigenvalue weighted by Crippen LogP contribution is -2.42. The van der Waals surface area contributed by atoms with E-state index in [1.807, 2.05) is 0 Å². The number of carbonyl (C=O) groups is 3. The molecule has 2 fully saturated rings. The van der Waals surface area contributed by atoms with Crippen molar-refractivity contribution in [2.45, 2.75) is 25.4 Å². The Morgan fingerprint density at radius 1 is 1.26 bits per heavy atom. The zero-order valence-electron chi connectivity index (χ0n) is 12.3. The van der Waals surface area contributed by atoms with E-state index in [2.05, 4.69) is 25.9 Å². The highest BCUT2D eigenvalue weighted by molar-refractivity contribution is 9.10. The number of hydrogen-bond acceptors (Lipinski definition) is 6. The second-order valence-electron chi connectivity index (χ2n) is 5.43. The summed E-state index contributed by atoms with van der Waals surface area (Å²) in [6.45, 7) is 0.740. The topological polar surface area (TPSA) is 92.7 Å². The maximum absolute atomic E-state index is 12.2. The Bertz CT molecular complexity index is 620. The SMILES string of the molecule is O=C(CN1C(=O)CCC1=O)N1CC[C@@H](Oc2ncc(Br)cn2)C1. The fraction of sp³-hybridized carbons (Fsp3) is 0.500. The number of carbonyl (C=O) groups excluding carboxylic acids is 3. The average molecular weight is 383 g/mol. The van der Waals surface area contributed by atoms with Crippen molar-refractivity contribution in [2.75, 3.05) is 19.6 Å². The normalized spacial score (nSPS) is 21.2. The molecule has 8 nitrogen and oxygen atoms in total. The molecule has 1 atom stereocenters. The average Bonchev–Trinajstić information content (AvgIpc) is 3.11. The van der Waals surface area contributed by atoms with E-state index in [9.17, 15) is 14.4 Å². The summed E-state index contributed by atoms with van der Waals surface area (Å²) in [5.74, 6) is -0.798. The smallest absolute Gasteiger partial charge is 0.316 e. The molecule has 0 aliphatic carbocycles. The number of ether oxygens (including phenoxy) is 1. The van der Waals surface area contributed by atoms with Crippen LogP contribution in [0.15, 0.2) is 16.9 Å². The Morgan fingerprint density at radius 2 is 1.91 bits per heavy atom. The highest BCUT2D eigenvalue weighted by atomic mass is 79.9. The van der Waals surface area contributed by atoms with Crippen molar-refractivity contribution in [1.82, 2.24) is 19.8 Å². The molecule has 3 amide bonds. The third-order valence-corrected chi connectivity index (χ3v) is 4.22. The van der Waals surface area contributed by atoms with E-state index in [0.717, 1.165) is 9.37 Å². The first-order chi connectivity index (χ1) is 11.0. The molecule has 23 heavy (non-hydrogen) atoms. The van der Waals surface area contributed by atoms with Gasteiger partial charge in [-0.1, -0.05) is 0 Å². The van der Waals surface area contributed by atoms with Gasteiger partial charge in [-0.15, -0.1) is 0 Å². The van der Waals surface area contributed by atoms with Gasteiger partial charge in [-0.3, -0.25) is 19.3 Å². The summed E-state index contributed by atoms with van der Waals surface area (Å²) < 4.78 is 6.40. The number of likely N-dealkylation sites (tertiary alicyclic amines) is 2. The fourth-order valence-electron chi connectivity index (χ4n) is 2.60. The van der Waals surface area contributed by atoms with Gasteiger partial charge in [0.1, 0.15) is 12.6 Å². The summed E-state index contributed by atoms with van der Waals surface area (Å²) in [6, 6.07) is 0.261. The van der Waals surface area contributed by atoms with E-state index in [1.165, 1.54) is 0 Å². The lowest BCUT2D eigenvalue weighted by atomic mass is 10.3. The van der Waals surface area contributed by atoms with Gasteiger partial charge in [0.15, 0.2) is 0 Å². The van der Waals surface area contributed by atoms with Gasteiger partial charge < -0.3 is 9.64 Å². The van der Waals surface area contributed by atoms with Crippen molar-refractivity contribution < 1.29 is 19.1 Å². The van der Waals surface area contributed by atoms with Crippen LogP contribution < -0.4 is 4.74 Å².